The highest BCUT2D eigenvalue weighted by atomic mass is 32.1. The molecule has 0 spiro atoms. The van der Waals surface area contributed by atoms with Gasteiger partial charge < -0.3 is 10.1 Å². The van der Waals surface area contributed by atoms with E-state index in [2.05, 4.69) is 34.7 Å². The summed E-state index contributed by atoms with van der Waals surface area (Å²) in [5.74, 6) is 0. The van der Waals surface area contributed by atoms with Gasteiger partial charge in [-0.25, -0.2) is 4.98 Å². The standard InChI is InChI=1S/C16H20N2OS/c1-12(13-5-3-2-4-6-13)19-10-15-11-20-16(18-15)9-17-14-7-8-14/h2-6,11-12,14,17H,7-10H2,1H3. The van der Waals surface area contributed by atoms with E-state index in [9.17, 15) is 0 Å². The molecule has 0 bridgehead atoms. The molecule has 0 amide bonds. The van der Waals surface area contributed by atoms with Crippen molar-refractivity contribution in [2.45, 2.75) is 45.1 Å². The molecule has 20 heavy (non-hydrogen) atoms. The van der Waals surface area contributed by atoms with Gasteiger partial charge >= 0.3 is 0 Å². The average Bonchev–Trinajstić information content (AvgIpc) is 3.22. The molecular weight excluding hydrogens is 268 g/mol. The van der Waals surface area contributed by atoms with E-state index in [1.54, 1.807) is 11.3 Å². The minimum absolute atomic E-state index is 0.103. The second-order valence-electron chi connectivity index (χ2n) is 5.25. The zero-order chi connectivity index (χ0) is 13.8. The van der Waals surface area contributed by atoms with Crippen LogP contribution in [0.15, 0.2) is 35.7 Å². The third kappa shape index (κ3) is 3.88. The van der Waals surface area contributed by atoms with E-state index in [0.29, 0.717) is 6.61 Å². The molecule has 0 radical (unpaired) electrons. The second kappa shape index (κ2) is 6.48. The summed E-state index contributed by atoms with van der Waals surface area (Å²) in [4.78, 5) is 4.61. The lowest BCUT2D eigenvalue weighted by Crippen LogP contribution is -2.15. The highest BCUT2D eigenvalue weighted by Gasteiger charge is 2.20. The lowest BCUT2D eigenvalue weighted by atomic mass is 10.1. The molecule has 3 nitrogen and oxygen atoms in total. The fourth-order valence-electron chi connectivity index (χ4n) is 2.05. The summed E-state index contributed by atoms with van der Waals surface area (Å²) in [6.45, 7) is 3.55. The van der Waals surface area contributed by atoms with Crippen LogP contribution in [0.2, 0.25) is 0 Å². The van der Waals surface area contributed by atoms with Gasteiger partial charge in [-0.05, 0) is 25.3 Å². The molecule has 2 aromatic rings. The van der Waals surface area contributed by atoms with Crippen LogP contribution < -0.4 is 5.32 Å². The van der Waals surface area contributed by atoms with Crippen molar-refractivity contribution in [1.82, 2.24) is 10.3 Å². The first kappa shape index (κ1) is 13.7. The number of rotatable bonds is 7. The van der Waals surface area contributed by atoms with Crippen LogP contribution in [-0.2, 0) is 17.9 Å². The molecule has 1 aromatic carbocycles. The molecule has 1 atom stereocenters. The normalized spacial score (nSPS) is 16.2. The first-order valence-corrected chi connectivity index (χ1v) is 8.02. The third-order valence-corrected chi connectivity index (χ3v) is 4.37. The lowest BCUT2D eigenvalue weighted by Gasteiger charge is -2.12. The summed E-state index contributed by atoms with van der Waals surface area (Å²) in [5.41, 5.74) is 2.24. The Kier molecular flexibility index (Phi) is 4.45. The van der Waals surface area contributed by atoms with E-state index in [0.717, 1.165) is 23.3 Å². The quantitative estimate of drug-likeness (QED) is 0.844. The Balaban J connectivity index is 1.47. The van der Waals surface area contributed by atoms with E-state index in [1.807, 2.05) is 18.2 Å². The SMILES string of the molecule is CC(OCc1csc(CNC2CC2)n1)c1ccccc1. The lowest BCUT2D eigenvalue weighted by molar-refractivity contribution is 0.0507. The molecule has 0 aliphatic heterocycles. The second-order valence-corrected chi connectivity index (χ2v) is 6.19. The Labute approximate surface area is 124 Å². The fraction of sp³-hybridized carbons (Fsp3) is 0.438. The maximum atomic E-state index is 5.89. The van der Waals surface area contributed by atoms with Gasteiger partial charge in [0.1, 0.15) is 5.01 Å². The van der Waals surface area contributed by atoms with Gasteiger partial charge in [0.05, 0.1) is 18.4 Å². The van der Waals surface area contributed by atoms with E-state index >= 15 is 0 Å². The van der Waals surface area contributed by atoms with Crippen molar-refractivity contribution < 1.29 is 4.74 Å². The first-order chi connectivity index (χ1) is 9.81. The van der Waals surface area contributed by atoms with Crippen LogP contribution in [0.4, 0.5) is 0 Å². The minimum Gasteiger partial charge on any atom is -0.367 e. The number of nitrogens with zero attached hydrogens (tertiary/aromatic N) is 1. The average molecular weight is 288 g/mol. The van der Waals surface area contributed by atoms with Gasteiger partial charge in [0.15, 0.2) is 0 Å². The molecule has 0 saturated heterocycles. The molecule has 1 aliphatic carbocycles. The fourth-order valence-corrected chi connectivity index (χ4v) is 2.78. The van der Waals surface area contributed by atoms with Crippen LogP contribution in [0.1, 0.15) is 42.1 Å². The van der Waals surface area contributed by atoms with Gasteiger partial charge in [-0.15, -0.1) is 11.3 Å². The molecule has 4 heteroatoms. The topological polar surface area (TPSA) is 34.1 Å². The van der Waals surface area contributed by atoms with Crippen LogP contribution in [0.3, 0.4) is 0 Å². The third-order valence-electron chi connectivity index (χ3n) is 3.47. The Hall–Kier alpha value is -1.23. The summed E-state index contributed by atoms with van der Waals surface area (Å²) >= 11 is 1.71. The van der Waals surface area contributed by atoms with Crippen molar-refractivity contribution in [1.29, 1.82) is 0 Å². The van der Waals surface area contributed by atoms with Gasteiger partial charge in [-0.1, -0.05) is 30.3 Å². The highest BCUT2D eigenvalue weighted by Crippen LogP contribution is 2.21. The Morgan fingerprint density at radius 3 is 2.90 bits per heavy atom. The summed E-state index contributed by atoms with van der Waals surface area (Å²) in [6, 6.07) is 11.0. The van der Waals surface area contributed by atoms with Crippen molar-refractivity contribution in [2.24, 2.45) is 0 Å². The predicted molar refractivity (Wildman–Crippen MR) is 81.6 cm³/mol. The molecule has 1 N–H and O–H groups in total. The minimum atomic E-state index is 0.103. The zero-order valence-electron chi connectivity index (χ0n) is 11.7. The van der Waals surface area contributed by atoms with Crippen LogP contribution in [0.25, 0.3) is 0 Å². The Morgan fingerprint density at radius 2 is 2.15 bits per heavy atom. The van der Waals surface area contributed by atoms with Crippen LogP contribution in [0.5, 0.6) is 0 Å². The van der Waals surface area contributed by atoms with Gasteiger partial charge in [0.25, 0.3) is 0 Å². The Morgan fingerprint density at radius 1 is 1.35 bits per heavy atom. The number of ether oxygens (including phenoxy) is 1. The predicted octanol–water partition coefficient (Wildman–Crippen LogP) is 3.67. The van der Waals surface area contributed by atoms with E-state index in [4.69, 9.17) is 4.74 Å². The van der Waals surface area contributed by atoms with Gasteiger partial charge in [0.2, 0.25) is 0 Å². The van der Waals surface area contributed by atoms with Crippen molar-refractivity contribution in [3.05, 3.63) is 52.0 Å². The molecule has 106 valence electrons. The number of aromatic nitrogens is 1. The summed E-state index contributed by atoms with van der Waals surface area (Å²) in [5, 5.41) is 6.74. The number of thiazole rings is 1. The largest absolute Gasteiger partial charge is 0.367 e. The maximum Gasteiger partial charge on any atom is 0.107 e. The van der Waals surface area contributed by atoms with Crippen molar-refractivity contribution in [3.63, 3.8) is 0 Å². The number of hydrogen-bond acceptors (Lipinski definition) is 4. The summed E-state index contributed by atoms with van der Waals surface area (Å²) < 4.78 is 5.89. The summed E-state index contributed by atoms with van der Waals surface area (Å²) in [7, 11) is 0. The van der Waals surface area contributed by atoms with Crippen molar-refractivity contribution in [3.8, 4) is 0 Å². The van der Waals surface area contributed by atoms with Gasteiger partial charge in [-0.2, -0.15) is 0 Å². The molecule has 1 saturated carbocycles. The Bertz CT molecular complexity index is 536. The summed E-state index contributed by atoms with van der Waals surface area (Å²) in [6.07, 6.45) is 2.73. The zero-order valence-corrected chi connectivity index (χ0v) is 12.5. The first-order valence-electron chi connectivity index (χ1n) is 7.14. The smallest absolute Gasteiger partial charge is 0.107 e. The van der Waals surface area contributed by atoms with Crippen molar-refractivity contribution >= 4 is 11.3 Å². The molecule has 3 rings (SSSR count). The van der Waals surface area contributed by atoms with Crippen molar-refractivity contribution in [2.75, 3.05) is 0 Å². The van der Waals surface area contributed by atoms with E-state index in [-0.39, 0.29) is 6.10 Å². The molecule has 1 unspecified atom stereocenters. The van der Waals surface area contributed by atoms with E-state index < -0.39 is 0 Å². The molecule has 1 heterocycles. The molecular formula is C16H20N2OS. The van der Waals surface area contributed by atoms with Gasteiger partial charge in [0, 0.05) is 18.0 Å². The molecule has 1 aromatic heterocycles. The van der Waals surface area contributed by atoms with Gasteiger partial charge in [-0.3, -0.25) is 0 Å². The van der Waals surface area contributed by atoms with Crippen LogP contribution in [-0.4, -0.2) is 11.0 Å². The van der Waals surface area contributed by atoms with Crippen LogP contribution in [0, 0.1) is 0 Å². The highest BCUT2D eigenvalue weighted by molar-refractivity contribution is 7.09. The molecule has 1 fully saturated rings. The van der Waals surface area contributed by atoms with E-state index in [1.165, 1.54) is 18.4 Å². The number of benzene rings is 1. The maximum absolute atomic E-state index is 5.89. The number of nitrogens with one attached hydrogen (secondary N) is 1. The number of hydrogen-bond donors (Lipinski definition) is 1. The van der Waals surface area contributed by atoms with Crippen LogP contribution >= 0.6 is 11.3 Å². The molecule has 1 aliphatic rings. The monoisotopic (exact) mass is 288 g/mol.